The van der Waals surface area contributed by atoms with Gasteiger partial charge in [-0.05, 0) is 59.5 Å². The van der Waals surface area contributed by atoms with Gasteiger partial charge in [-0.3, -0.25) is 24.0 Å². The first-order valence-electron chi connectivity index (χ1n) is 21.9. The van der Waals surface area contributed by atoms with Crippen molar-refractivity contribution in [1.82, 2.24) is 36.0 Å². The number of Topliss-reactive ketones (excluding diaryl/α,β-unsaturated/α-hetero) is 1. The van der Waals surface area contributed by atoms with Crippen LogP contribution in [0.3, 0.4) is 0 Å². The van der Waals surface area contributed by atoms with E-state index in [-0.39, 0.29) is 29.3 Å². The van der Waals surface area contributed by atoms with Crippen LogP contribution in [0.5, 0.6) is 0 Å². The minimum atomic E-state index is -1.01. The molecule has 15 nitrogen and oxygen atoms in total. The maximum atomic E-state index is 14.1. The van der Waals surface area contributed by atoms with Crippen LogP contribution in [0.2, 0.25) is 0 Å². The summed E-state index contributed by atoms with van der Waals surface area (Å²) in [4.78, 5) is 95.0. The second kappa shape index (κ2) is 22.2. The van der Waals surface area contributed by atoms with Gasteiger partial charge in [0, 0.05) is 45.7 Å². The predicted octanol–water partition coefficient (Wildman–Crippen LogP) is 5.41. The highest BCUT2D eigenvalue weighted by atomic mass is 16.4. The molecule has 3 aliphatic rings. The third-order valence-corrected chi connectivity index (χ3v) is 11.8. The van der Waals surface area contributed by atoms with E-state index in [1.165, 1.54) is 21.4 Å². The second-order valence-electron chi connectivity index (χ2n) is 19.6. The number of fused-ring (bicyclic) bond motifs is 1. The molecule has 2 saturated heterocycles. The lowest BCUT2D eigenvalue weighted by atomic mass is 9.81. The summed E-state index contributed by atoms with van der Waals surface area (Å²) in [6, 6.07) is 4.27. The van der Waals surface area contributed by atoms with E-state index in [2.05, 4.69) is 47.8 Å². The smallest absolute Gasteiger partial charge is 0.407 e. The van der Waals surface area contributed by atoms with E-state index in [1.54, 1.807) is 0 Å². The average Bonchev–Trinajstić information content (AvgIpc) is 3.68. The summed E-state index contributed by atoms with van der Waals surface area (Å²) >= 11 is 0. The van der Waals surface area contributed by atoms with Gasteiger partial charge >= 0.3 is 12.1 Å². The van der Waals surface area contributed by atoms with Gasteiger partial charge in [-0.2, -0.15) is 0 Å². The number of nitrogens with zero attached hydrogens (tertiary/aromatic N) is 3. The molecule has 4 unspecified atom stereocenters. The minimum Gasteiger partial charge on any atom is -0.465 e. The first-order valence-corrected chi connectivity index (χ1v) is 21.9. The highest BCUT2D eigenvalue weighted by molar-refractivity contribution is 6.38. The summed E-state index contributed by atoms with van der Waals surface area (Å²) in [6.45, 7) is 23.9. The number of urea groups is 1. The quantitative estimate of drug-likeness (QED) is 0.0877. The maximum Gasteiger partial charge on any atom is 0.407 e. The molecule has 15 heteroatoms. The van der Waals surface area contributed by atoms with Crippen molar-refractivity contribution < 1.29 is 38.7 Å². The number of likely N-dealkylation sites (tertiary alicyclic amines) is 2. The van der Waals surface area contributed by atoms with Gasteiger partial charge in [0.1, 0.15) is 12.1 Å². The van der Waals surface area contributed by atoms with Crippen LogP contribution in [0.1, 0.15) is 125 Å². The zero-order chi connectivity index (χ0) is 45.7. The van der Waals surface area contributed by atoms with Gasteiger partial charge in [-0.25, -0.2) is 9.59 Å². The fourth-order valence-electron chi connectivity index (χ4n) is 7.77. The number of ketones is 1. The fourth-order valence-corrected chi connectivity index (χ4v) is 7.77. The van der Waals surface area contributed by atoms with E-state index in [9.17, 15) is 33.6 Å². The Labute approximate surface area is 363 Å². The summed E-state index contributed by atoms with van der Waals surface area (Å²) in [5.41, 5.74) is 1.28. The lowest BCUT2D eigenvalue weighted by molar-refractivity contribution is -0.143. The molecular weight excluding hydrogens is 779 g/mol. The lowest BCUT2D eigenvalue weighted by Gasteiger charge is -2.41. The van der Waals surface area contributed by atoms with Gasteiger partial charge in [-0.15, -0.1) is 6.58 Å². The van der Waals surface area contributed by atoms with E-state index in [0.717, 1.165) is 31.2 Å². The molecule has 4 rings (SSSR count). The molecule has 0 aliphatic carbocycles. The molecule has 1 aromatic rings. The van der Waals surface area contributed by atoms with E-state index in [1.807, 2.05) is 71.6 Å². The average molecular weight is 852 g/mol. The van der Waals surface area contributed by atoms with Crippen LogP contribution in [0.25, 0.3) is 0 Å². The molecule has 3 heterocycles. The van der Waals surface area contributed by atoms with E-state index >= 15 is 0 Å². The highest BCUT2D eigenvalue weighted by Gasteiger charge is 2.43. The van der Waals surface area contributed by atoms with Gasteiger partial charge in [0.25, 0.3) is 5.91 Å². The topological polar surface area (TPSA) is 198 Å². The third kappa shape index (κ3) is 15.2. The van der Waals surface area contributed by atoms with Crippen molar-refractivity contribution in [3.8, 4) is 0 Å². The number of hydrogen-bond acceptors (Lipinski definition) is 7. The number of amides is 7. The number of benzene rings is 1. The Bertz CT molecular complexity index is 1730. The maximum absolute atomic E-state index is 14.1. The Kier molecular flexibility index (Phi) is 18.4. The van der Waals surface area contributed by atoms with Gasteiger partial charge in [0.2, 0.25) is 23.5 Å². The molecular formula is C46H73N7O8. The van der Waals surface area contributed by atoms with Crippen LogP contribution in [-0.2, 0) is 36.9 Å². The molecule has 5 N–H and O–H groups in total. The van der Waals surface area contributed by atoms with E-state index < -0.39 is 59.2 Å². The molecule has 0 spiro atoms. The number of carbonyl (C=O) groups excluding carboxylic acids is 6. The van der Waals surface area contributed by atoms with Crippen molar-refractivity contribution in [2.75, 3.05) is 32.7 Å². The zero-order valence-corrected chi connectivity index (χ0v) is 38.2. The summed E-state index contributed by atoms with van der Waals surface area (Å²) in [6.07, 6.45) is 6.49. The molecule has 3 aliphatic heterocycles. The molecule has 0 radical (unpaired) electrons. The molecule has 0 bridgehead atoms. The number of rotatable bonds is 15. The van der Waals surface area contributed by atoms with Crippen molar-refractivity contribution >= 4 is 41.5 Å². The Morgan fingerprint density at radius 1 is 0.934 bits per heavy atom. The van der Waals surface area contributed by atoms with Gasteiger partial charge in [0.15, 0.2) is 0 Å². The van der Waals surface area contributed by atoms with E-state index in [0.29, 0.717) is 64.8 Å². The number of carboxylic acid groups (broad SMARTS) is 1. The van der Waals surface area contributed by atoms with Crippen molar-refractivity contribution in [1.29, 1.82) is 0 Å². The Hall–Kier alpha value is -4.95. The van der Waals surface area contributed by atoms with Gasteiger partial charge < -0.3 is 41.1 Å². The number of unbranched alkanes of at least 4 members (excludes halogenated alkanes) is 2. The lowest BCUT2D eigenvalue weighted by Crippen LogP contribution is -2.62. The molecule has 4 atom stereocenters. The van der Waals surface area contributed by atoms with E-state index in [4.69, 9.17) is 5.11 Å². The van der Waals surface area contributed by atoms with Crippen molar-refractivity contribution in [2.45, 2.75) is 151 Å². The standard InChI is InChI=1S/C36H62N6O6.C10H11NO2/c1-11-13-14-16-24(28(44)31(46)37-19-12-2)38-30(45)25-17-15-20-42(25)32(47)29(35(6,7)8)40-33(48)39-26(34(3,4)5)23-41-21-18-36(9,10)22-27(41)43;12-10(13)11-6-5-8-3-1-2-4-9(8)7-11/h12,24-26,29H,2,11,13-23H2,1,3-10H3,(H,37,46)(H,38,45)(H2,39,40,48);1-4H,5-7H2,(H,12,13). The zero-order valence-electron chi connectivity index (χ0n) is 38.2. The van der Waals surface area contributed by atoms with Crippen LogP contribution in [0, 0.1) is 16.2 Å². The molecule has 1 aromatic carbocycles. The monoisotopic (exact) mass is 852 g/mol. The van der Waals surface area contributed by atoms with Crippen LogP contribution in [-0.4, -0.2) is 118 Å². The first-order chi connectivity index (χ1) is 28.5. The van der Waals surface area contributed by atoms with Crippen molar-refractivity contribution in [2.24, 2.45) is 16.2 Å². The number of carbonyl (C=O) groups is 7. The summed E-state index contributed by atoms with van der Waals surface area (Å²) in [7, 11) is 0. The largest absolute Gasteiger partial charge is 0.465 e. The van der Waals surface area contributed by atoms with Gasteiger partial charge in [0.05, 0.1) is 12.1 Å². The highest BCUT2D eigenvalue weighted by Crippen LogP contribution is 2.32. The SMILES string of the molecule is C=CCNC(=O)C(=O)C(CCCCC)NC(=O)C1CCCN1C(=O)C(NC(=O)NC(CN1CCC(C)(C)CC1=O)C(C)(C)C)C(C)(C)C.O=C(O)N1CCc2ccccc2C1. The summed E-state index contributed by atoms with van der Waals surface area (Å²) < 4.78 is 0. The molecule has 340 valence electrons. The van der Waals surface area contributed by atoms with Crippen LogP contribution < -0.4 is 21.3 Å². The van der Waals surface area contributed by atoms with Gasteiger partial charge in [-0.1, -0.05) is 112 Å². The summed E-state index contributed by atoms with van der Waals surface area (Å²) in [5.74, 6) is -2.34. The Morgan fingerprint density at radius 2 is 1.61 bits per heavy atom. The minimum absolute atomic E-state index is 0.0498. The number of hydrogen-bond donors (Lipinski definition) is 5. The molecule has 0 saturated carbocycles. The van der Waals surface area contributed by atoms with Crippen molar-refractivity contribution in [3.63, 3.8) is 0 Å². The van der Waals surface area contributed by atoms with Crippen molar-refractivity contribution in [3.05, 3.63) is 48.0 Å². The summed E-state index contributed by atoms with van der Waals surface area (Å²) in [5, 5.41) is 20.0. The normalized spacial score (nSPS) is 18.9. The molecule has 0 aromatic heterocycles. The number of nitrogens with one attached hydrogen (secondary N) is 4. The Morgan fingerprint density at radius 3 is 2.20 bits per heavy atom. The predicted molar refractivity (Wildman–Crippen MR) is 235 cm³/mol. The second-order valence-corrected chi connectivity index (χ2v) is 19.6. The fraction of sp³-hybridized carbons (Fsp3) is 0.674. The van der Waals surface area contributed by atoms with Crippen LogP contribution in [0.15, 0.2) is 36.9 Å². The Balaban J connectivity index is 0.000000640. The van der Waals surface area contributed by atoms with Crippen LogP contribution in [0.4, 0.5) is 9.59 Å². The first kappa shape index (κ1) is 50.4. The number of piperidine rings is 1. The van der Waals surface area contributed by atoms with Crippen LogP contribution >= 0.6 is 0 Å². The molecule has 2 fully saturated rings. The molecule has 61 heavy (non-hydrogen) atoms. The third-order valence-electron chi connectivity index (χ3n) is 11.8. The molecule has 7 amide bonds.